The number of rotatable bonds is 11. The Morgan fingerprint density at radius 2 is 0.738 bits per heavy atom. The number of aryl methyl sites for hydroxylation is 6. The molecule has 12 aromatic heterocycles. The van der Waals surface area contributed by atoms with E-state index in [0.29, 0.717) is 34.6 Å². The van der Waals surface area contributed by atoms with E-state index in [2.05, 4.69) is 156 Å². The van der Waals surface area contributed by atoms with Gasteiger partial charge in [0.25, 0.3) is 22.2 Å². The van der Waals surface area contributed by atoms with Crippen LogP contribution in [-0.2, 0) is 13.1 Å². The van der Waals surface area contributed by atoms with Crippen LogP contribution in [-0.4, -0.2) is 45.9 Å². The average Bonchev–Trinajstić information content (AvgIpc) is 1.80. The molecule has 84 heavy (non-hydrogen) atoms. The minimum absolute atomic E-state index is 0.174. The maximum atomic E-state index is 13.7. The first-order valence-electron chi connectivity index (χ1n) is 27.6. The Bertz CT molecular complexity index is 4590. The summed E-state index contributed by atoms with van der Waals surface area (Å²) in [6.07, 6.45) is 0. The van der Waals surface area contributed by atoms with E-state index in [1.165, 1.54) is 60.7 Å². The summed E-state index contributed by atoms with van der Waals surface area (Å²) in [6, 6.07) is 26.0. The van der Waals surface area contributed by atoms with Crippen molar-refractivity contribution in [3.8, 4) is 48.8 Å². The molecule has 0 spiro atoms. The third-order valence-corrected chi connectivity index (χ3v) is 46.9. The van der Waals surface area contributed by atoms with Gasteiger partial charge in [-0.15, -0.1) is 102 Å². The maximum absolute atomic E-state index is 13.7. The zero-order valence-electron chi connectivity index (χ0n) is 49.9. The molecule has 12 heterocycles. The van der Waals surface area contributed by atoms with Crippen LogP contribution in [0.4, 0.5) is 0 Å². The fourth-order valence-corrected chi connectivity index (χ4v) is 36.0. The van der Waals surface area contributed by atoms with E-state index >= 15 is 0 Å². The van der Waals surface area contributed by atoms with Crippen LogP contribution < -0.4 is 28.0 Å². The molecule has 20 heteroatoms. The number of thiophene rings is 10. The molecule has 0 fully saturated rings. The second kappa shape index (κ2) is 25.6. The van der Waals surface area contributed by atoms with Crippen molar-refractivity contribution in [2.75, 3.05) is 0 Å². The van der Waals surface area contributed by atoms with E-state index in [1.807, 2.05) is 81.6 Å². The normalized spacial score (nSPS) is 12.2. The van der Waals surface area contributed by atoms with Gasteiger partial charge in [0.2, 0.25) is 0 Å². The van der Waals surface area contributed by atoms with E-state index < -0.39 is 36.8 Å². The topological polar surface area (TPSA) is 78.1 Å². The summed E-state index contributed by atoms with van der Waals surface area (Å²) in [5.41, 5.74) is 4.17. The molecule has 0 radical (unpaired) electrons. The molecular weight excluding hydrogens is 1580 g/mol. The van der Waals surface area contributed by atoms with Crippen molar-refractivity contribution >= 4 is 228 Å². The Balaban J connectivity index is 0.000000156. The molecule has 12 aromatic rings. The van der Waals surface area contributed by atoms with Gasteiger partial charge in [0, 0.05) is 71.6 Å². The quantitative estimate of drug-likeness (QED) is 0.121. The van der Waals surface area contributed by atoms with E-state index in [4.69, 9.17) is 0 Å². The van der Waals surface area contributed by atoms with Crippen molar-refractivity contribution < 1.29 is 0 Å². The molecule has 0 bridgehead atoms. The summed E-state index contributed by atoms with van der Waals surface area (Å²) in [5, 5.41) is 2.56. The molecule has 6 nitrogen and oxygen atoms in total. The van der Waals surface area contributed by atoms with Crippen LogP contribution in [0.3, 0.4) is 0 Å². The van der Waals surface area contributed by atoms with Crippen LogP contribution >= 0.6 is 145 Å². The van der Waals surface area contributed by atoms with Crippen molar-refractivity contribution in [2.24, 2.45) is 11.8 Å². The van der Waals surface area contributed by atoms with Gasteiger partial charge in [0.15, 0.2) is 0 Å². The summed E-state index contributed by atoms with van der Waals surface area (Å²) in [7, 11) is 0. The van der Waals surface area contributed by atoms with Gasteiger partial charge in [-0.1, -0.05) is 27.7 Å². The molecule has 0 aliphatic heterocycles. The van der Waals surface area contributed by atoms with Gasteiger partial charge < -0.3 is 0 Å². The van der Waals surface area contributed by atoms with Gasteiger partial charge in [-0.05, 0) is 168 Å². The molecule has 0 aliphatic carbocycles. The third kappa shape index (κ3) is 13.5. The summed E-state index contributed by atoms with van der Waals surface area (Å²) in [5.74, 6) is 0.385. The number of hydrogen-bond donors (Lipinski definition) is 0. The fraction of sp³-hybridized carbons (Fsp3) is 0.312. The van der Waals surface area contributed by atoms with E-state index in [0.717, 1.165) is 55.6 Å². The molecule has 0 saturated carbocycles. The summed E-state index contributed by atoms with van der Waals surface area (Å²) >= 11 is 21.1. The summed E-state index contributed by atoms with van der Waals surface area (Å²) in [6.45, 7) is 21.7. The Labute approximate surface area is 556 Å². The van der Waals surface area contributed by atoms with Crippen LogP contribution in [0, 0.1) is 53.4 Å². The van der Waals surface area contributed by atoms with E-state index in [9.17, 15) is 19.2 Å². The van der Waals surface area contributed by atoms with Crippen LogP contribution in [0.15, 0.2) is 99.5 Å². The van der Waals surface area contributed by atoms with Gasteiger partial charge in [0.05, 0.1) is 47.9 Å². The predicted molar refractivity (Wildman–Crippen MR) is 396 cm³/mol. The molecule has 0 unspecified atom stereocenters. The van der Waals surface area contributed by atoms with Gasteiger partial charge >= 0.3 is 95.6 Å². The first kappa shape index (κ1) is 64.8. The molecule has 0 aliphatic rings. The standard InChI is InChI=1S/C30H27NO2S5.C24H19Br2NO2S4.C4H2S.6CH3.2Sn/c1-14(2)13-31-29(32)19-11-17(5)34-27(19)28-20(30(31)33)12-25(38-28)26-16(4)10-24(37-26)22-8-7-21(36-22)23-9-15(3)18(6)35-23;1-10(2)9-27-23(28)13-7-15(19-11(3)5-17(25)32-19)30-21(13)22-14(24(27)29)8-16(31-22)20-12(4)6-18(26)33-20;1-2-4-5-3-1;;;;;;;;/h7-12,14H,13H2,1-6H3;5-8,10H,9H2,1-4H3;1-2H;6*1H3;;. The Morgan fingerprint density at radius 1 is 0.381 bits per heavy atom. The Kier molecular flexibility index (Phi) is 19.8. The van der Waals surface area contributed by atoms with Gasteiger partial charge in [-0.25, -0.2) is 0 Å². The van der Waals surface area contributed by atoms with Crippen molar-refractivity contribution in [2.45, 2.75) is 112 Å². The zero-order valence-corrected chi connectivity index (χ0v) is 66.9. The number of aromatic nitrogens is 2. The van der Waals surface area contributed by atoms with Crippen molar-refractivity contribution in [1.29, 1.82) is 0 Å². The van der Waals surface area contributed by atoms with Gasteiger partial charge in [0.1, 0.15) is 0 Å². The molecule has 0 aromatic carbocycles. The molecule has 438 valence electrons. The van der Waals surface area contributed by atoms with E-state index in [-0.39, 0.29) is 34.1 Å². The average molecular weight is 1650 g/mol. The monoisotopic (exact) mass is 1640 g/mol. The molecule has 12 rings (SSSR count). The van der Waals surface area contributed by atoms with Crippen molar-refractivity contribution in [3.63, 3.8) is 0 Å². The number of halogens is 2. The number of nitrogens with zero attached hydrogens (tertiary/aromatic N) is 2. The fourth-order valence-electron chi connectivity index (χ4n) is 9.83. The number of hydrogen-bond acceptors (Lipinski definition) is 14. The Hall–Kier alpha value is -2.16. The zero-order chi connectivity index (χ0) is 60.8. The minimum atomic E-state index is -1.74. The van der Waals surface area contributed by atoms with E-state index in [1.54, 1.807) is 85.1 Å². The Morgan fingerprint density at radius 3 is 1.08 bits per heavy atom. The second-order valence-corrected chi connectivity index (χ2v) is 68.9. The molecule has 0 amide bonds. The summed E-state index contributed by atoms with van der Waals surface area (Å²) < 4.78 is 12.2. The second-order valence-electron chi connectivity index (χ2n) is 24.3. The van der Waals surface area contributed by atoms with Crippen LogP contribution in [0.25, 0.3) is 89.1 Å². The van der Waals surface area contributed by atoms with Crippen molar-refractivity contribution in [3.05, 3.63) is 154 Å². The SMILES string of the molecule is Cc1cc(Br)sc1-c1cc2c(=O)n(CC(C)C)c(=O)c3cc(-c4sc(Br)cc4C)sc3c2s1.Cc1cc2c(=O)n(CC(C)C)c(=O)c3cc(-c4sc(-c5ccc(-c6cc(C)c(C)s6)s5)cc4C)sc3c2s1.[CH3][Sn]([CH3])([CH3])[c]1cc[c]([Sn]([CH3])([CH3])[CH3])s1. The first-order chi connectivity index (χ1) is 39.4. The van der Waals surface area contributed by atoms with Crippen LogP contribution in [0.2, 0.25) is 29.6 Å². The predicted octanol–water partition coefficient (Wildman–Crippen LogP) is 21.4. The van der Waals surface area contributed by atoms with Gasteiger partial charge in [-0.3, -0.25) is 28.3 Å². The molecular formula is C64H66Br2N2O4S10Sn2. The van der Waals surface area contributed by atoms with Crippen molar-refractivity contribution in [1.82, 2.24) is 9.13 Å². The number of fused-ring (bicyclic) bond motifs is 6. The molecule has 0 saturated heterocycles. The van der Waals surface area contributed by atoms with Gasteiger partial charge in [-0.2, -0.15) is 0 Å². The third-order valence-electron chi connectivity index (χ3n) is 14.2. The van der Waals surface area contributed by atoms with Crippen LogP contribution in [0.1, 0.15) is 59.7 Å². The summed E-state index contributed by atoms with van der Waals surface area (Å²) in [4.78, 5) is 83.6. The van der Waals surface area contributed by atoms with Crippen LogP contribution in [0.5, 0.6) is 0 Å². The first-order valence-corrected chi connectivity index (χ1v) is 57.3. The molecule has 0 N–H and O–H groups in total. The molecule has 0 atom stereocenters.